The third kappa shape index (κ3) is 9.76. The van der Waals surface area contributed by atoms with Crippen molar-refractivity contribution in [1.82, 2.24) is 0 Å². The Kier molecular flexibility index (Phi) is 12.4. The molecule has 0 N–H and O–H groups in total. The number of allylic oxidation sites excluding steroid dienone is 2. The van der Waals surface area contributed by atoms with Gasteiger partial charge in [-0.15, -0.1) is 0 Å². The van der Waals surface area contributed by atoms with Crippen LogP contribution < -0.4 is 0 Å². The van der Waals surface area contributed by atoms with Crippen LogP contribution in [0.5, 0.6) is 0 Å². The maximum atomic E-state index is 12.4. The number of benzene rings is 1. The first-order chi connectivity index (χ1) is 15.7. The van der Waals surface area contributed by atoms with Gasteiger partial charge in [0.1, 0.15) is 0 Å². The number of rotatable bonds is 15. The van der Waals surface area contributed by atoms with E-state index in [-0.39, 0.29) is 30.5 Å². The number of nitro benzene ring substituents is 1. The summed E-state index contributed by atoms with van der Waals surface area (Å²) >= 11 is 0. The number of non-ortho nitro benzene ring substituents is 1. The van der Waals surface area contributed by atoms with Gasteiger partial charge in [-0.1, -0.05) is 45.6 Å². The van der Waals surface area contributed by atoms with Crippen LogP contribution in [0, 0.1) is 15.5 Å². The van der Waals surface area contributed by atoms with Crippen LogP contribution in [0.3, 0.4) is 0 Å². The van der Waals surface area contributed by atoms with Crippen molar-refractivity contribution >= 4 is 23.2 Å². The number of carbonyl (C=O) groups is 2. The molecule has 0 aliphatic carbocycles. The second-order valence-corrected chi connectivity index (χ2v) is 8.74. The van der Waals surface area contributed by atoms with Crippen molar-refractivity contribution in [3.05, 3.63) is 45.5 Å². The van der Waals surface area contributed by atoms with Gasteiger partial charge in [-0.05, 0) is 61.8 Å². The molecule has 33 heavy (non-hydrogen) atoms. The zero-order valence-corrected chi connectivity index (χ0v) is 20.8. The maximum absolute atomic E-state index is 12.4. The van der Waals surface area contributed by atoms with Gasteiger partial charge in [0.25, 0.3) is 5.69 Å². The third-order valence-corrected chi connectivity index (χ3v) is 5.66. The van der Waals surface area contributed by atoms with Crippen LogP contribution in [0.25, 0.3) is 5.57 Å². The van der Waals surface area contributed by atoms with E-state index in [2.05, 4.69) is 6.92 Å². The first kappa shape index (κ1) is 28.3. The van der Waals surface area contributed by atoms with Crippen molar-refractivity contribution in [2.24, 2.45) is 5.41 Å². The molecule has 0 aliphatic heterocycles. The van der Waals surface area contributed by atoms with Gasteiger partial charge in [-0.2, -0.15) is 0 Å². The third-order valence-electron chi connectivity index (χ3n) is 5.66. The fourth-order valence-electron chi connectivity index (χ4n) is 4.02. The number of nitro groups is 1. The second-order valence-electron chi connectivity index (χ2n) is 8.74. The second kappa shape index (κ2) is 14.4. The van der Waals surface area contributed by atoms with Gasteiger partial charge in [-0.3, -0.25) is 19.7 Å². The van der Waals surface area contributed by atoms with E-state index in [9.17, 15) is 19.7 Å². The highest BCUT2D eigenvalue weighted by molar-refractivity contribution is 5.78. The lowest BCUT2D eigenvalue weighted by Crippen LogP contribution is -2.23. The van der Waals surface area contributed by atoms with Gasteiger partial charge in [0.15, 0.2) is 0 Å². The summed E-state index contributed by atoms with van der Waals surface area (Å²) in [6.07, 6.45) is 5.92. The molecule has 0 radical (unpaired) electrons. The lowest BCUT2D eigenvalue weighted by molar-refractivity contribution is -0.384. The lowest BCUT2D eigenvalue weighted by Gasteiger charge is -2.31. The standard InChI is InChI=1S/C26H39NO6/c1-6-9-10-11-12-23(26(4,5)19-25(29)33-8-3)22(17-18-24(28)32-7-2)20-13-15-21(16-14-20)27(30)31/h13-16H,6-12,17-19H2,1-5H3/b23-22+. The summed E-state index contributed by atoms with van der Waals surface area (Å²) in [6, 6.07) is 6.41. The number of esters is 2. The number of carbonyl (C=O) groups excluding carboxylic acids is 2. The average molecular weight is 462 g/mol. The quantitative estimate of drug-likeness (QED) is 0.126. The topological polar surface area (TPSA) is 95.7 Å². The van der Waals surface area contributed by atoms with Crippen LogP contribution in [0.2, 0.25) is 0 Å². The van der Waals surface area contributed by atoms with Crippen LogP contribution in [-0.2, 0) is 19.1 Å². The predicted octanol–water partition coefficient (Wildman–Crippen LogP) is 6.64. The predicted molar refractivity (Wildman–Crippen MR) is 130 cm³/mol. The van der Waals surface area contributed by atoms with E-state index in [0.717, 1.165) is 48.8 Å². The molecule has 0 atom stereocenters. The molecule has 0 bridgehead atoms. The summed E-state index contributed by atoms with van der Waals surface area (Å²) in [7, 11) is 0. The molecule has 7 nitrogen and oxygen atoms in total. The lowest BCUT2D eigenvalue weighted by atomic mass is 9.74. The van der Waals surface area contributed by atoms with Crippen LogP contribution in [0.15, 0.2) is 29.8 Å². The van der Waals surface area contributed by atoms with E-state index in [1.807, 2.05) is 13.8 Å². The van der Waals surface area contributed by atoms with E-state index in [1.54, 1.807) is 26.0 Å². The fraction of sp³-hybridized carbons (Fsp3) is 0.615. The Morgan fingerprint density at radius 2 is 1.48 bits per heavy atom. The van der Waals surface area contributed by atoms with Crippen molar-refractivity contribution in [3.63, 3.8) is 0 Å². The molecular formula is C26H39NO6. The molecule has 0 heterocycles. The largest absolute Gasteiger partial charge is 0.466 e. The Hall–Kier alpha value is -2.70. The van der Waals surface area contributed by atoms with Crippen LogP contribution in [-0.4, -0.2) is 30.1 Å². The highest BCUT2D eigenvalue weighted by Crippen LogP contribution is 2.41. The molecule has 0 aliphatic rings. The molecule has 184 valence electrons. The average Bonchev–Trinajstić information content (AvgIpc) is 2.75. The van der Waals surface area contributed by atoms with Crippen molar-refractivity contribution in [2.75, 3.05) is 13.2 Å². The molecule has 0 saturated heterocycles. The Labute approximate surface area is 197 Å². The van der Waals surface area contributed by atoms with E-state index < -0.39 is 10.3 Å². The van der Waals surface area contributed by atoms with Crippen molar-refractivity contribution < 1.29 is 24.0 Å². The van der Waals surface area contributed by atoms with Crippen LogP contribution in [0.4, 0.5) is 5.69 Å². The van der Waals surface area contributed by atoms with Crippen molar-refractivity contribution in [3.8, 4) is 0 Å². The number of unbranched alkanes of at least 4 members (excludes halogenated alkanes) is 3. The molecule has 1 rings (SSSR count). The van der Waals surface area contributed by atoms with Crippen LogP contribution in [0.1, 0.15) is 91.5 Å². The molecule has 0 spiro atoms. The fourth-order valence-corrected chi connectivity index (χ4v) is 4.02. The highest BCUT2D eigenvalue weighted by atomic mass is 16.6. The minimum absolute atomic E-state index is 0.0128. The van der Waals surface area contributed by atoms with Crippen LogP contribution >= 0.6 is 0 Å². The summed E-state index contributed by atoms with van der Waals surface area (Å²) < 4.78 is 10.3. The van der Waals surface area contributed by atoms with E-state index in [0.29, 0.717) is 19.6 Å². The molecule has 0 unspecified atom stereocenters. The number of ether oxygens (including phenoxy) is 2. The van der Waals surface area contributed by atoms with Gasteiger partial charge >= 0.3 is 11.9 Å². The molecule has 0 aromatic heterocycles. The first-order valence-corrected chi connectivity index (χ1v) is 11.9. The summed E-state index contributed by atoms with van der Waals surface area (Å²) in [6.45, 7) is 10.4. The van der Waals surface area contributed by atoms with Crippen molar-refractivity contribution in [1.29, 1.82) is 0 Å². The Balaban J connectivity index is 3.48. The van der Waals surface area contributed by atoms with Gasteiger partial charge in [0.05, 0.1) is 24.6 Å². The minimum Gasteiger partial charge on any atom is -0.466 e. The summed E-state index contributed by atoms with van der Waals surface area (Å²) in [5, 5.41) is 11.1. The molecule has 0 fully saturated rings. The van der Waals surface area contributed by atoms with Gasteiger partial charge in [0, 0.05) is 18.6 Å². The van der Waals surface area contributed by atoms with E-state index >= 15 is 0 Å². The highest BCUT2D eigenvalue weighted by Gasteiger charge is 2.30. The molecule has 1 aromatic carbocycles. The molecular weight excluding hydrogens is 422 g/mol. The molecule has 1 aromatic rings. The summed E-state index contributed by atoms with van der Waals surface area (Å²) in [4.78, 5) is 35.2. The molecule has 7 heteroatoms. The molecule has 0 saturated carbocycles. The smallest absolute Gasteiger partial charge is 0.306 e. The van der Waals surface area contributed by atoms with Gasteiger partial charge in [-0.25, -0.2) is 0 Å². The normalized spacial score (nSPS) is 12.2. The maximum Gasteiger partial charge on any atom is 0.306 e. The molecule has 0 amide bonds. The monoisotopic (exact) mass is 461 g/mol. The minimum atomic E-state index is -0.496. The van der Waals surface area contributed by atoms with Crippen molar-refractivity contribution in [2.45, 2.75) is 86.0 Å². The Bertz CT molecular complexity index is 811. The van der Waals surface area contributed by atoms with E-state index in [4.69, 9.17) is 9.47 Å². The first-order valence-electron chi connectivity index (χ1n) is 11.9. The Morgan fingerprint density at radius 1 is 0.879 bits per heavy atom. The number of hydrogen-bond acceptors (Lipinski definition) is 6. The Morgan fingerprint density at radius 3 is 2.03 bits per heavy atom. The zero-order valence-electron chi connectivity index (χ0n) is 20.8. The SMILES string of the molecule is CCCCCC/C(=C(/CCC(=O)OCC)c1ccc([N+](=O)[O-])cc1)C(C)(C)CC(=O)OCC. The number of hydrogen-bond donors (Lipinski definition) is 0. The van der Waals surface area contributed by atoms with Gasteiger partial charge in [0.2, 0.25) is 0 Å². The summed E-state index contributed by atoms with van der Waals surface area (Å²) in [5.41, 5.74) is 2.38. The number of nitrogens with zero attached hydrogens (tertiary/aromatic N) is 1. The summed E-state index contributed by atoms with van der Waals surface area (Å²) in [5.74, 6) is -0.549. The zero-order chi connectivity index (χ0) is 24.9. The van der Waals surface area contributed by atoms with E-state index in [1.165, 1.54) is 12.1 Å². The van der Waals surface area contributed by atoms with Gasteiger partial charge < -0.3 is 9.47 Å².